The van der Waals surface area contributed by atoms with Gasteiger partial charge in [-0.2, -0.15) is 0 Å². The summed E-state index contributed by atoms with van der Waals surface area (Å²) in [5.74, 6) is -0.340. The number of benzene rings is 1. The van der Waals surface area contributed by atoms with Gasteiger partial charge in [-0.3, -0.25) is 4.79 Å². The molecule has 0 bridgehead atoms. The number of rotatable bonds is 5. The van der Waals surface area contributed by atoms with Crippen molar-refractivity contribution in [1.29, 1.82) is 0 Å². The predicted molar refractivity (Wildman–Crippen MR) is 64.8 cm³/mol. The van der Waals surface area contributed by atoms with Crippen LogP contribution in [-0.2, 0) is 9.53 Å². The molecule has 3 nitrogen and oxygen atoms in total. The molecule has 1 atom stereocenters. The zero-order chi connectivity index (χ0) is 13.1. The Labute approximate surface area is 106 Å². The number of esters is 1. The fraction of sp³-hybridized carbons (Fsp3) is 0.500. The lowest BCUT2D eigenvalue weighted by Crippen LogP contribution is -2.09. The molecular weight excluding hydrogens is 235 g/mol. The fourth-order valence-electron chi connectivity index (χ4n) is 2.21. The summed E-state index contributed by atoms with van der Waals surface area (Å²) >= 11 is 0. The van der Waals surface area contributed by atoms with Gasteiger partial charge in [0.2, 0.25) is 0 Å². The number of ether oxygens (including phenoxy) is 1. The first kappa shape index (κ1) is 12.9. The lowest BCUT2D eigenvalue weighted by atomic mass is 9.90. The minimum atomic E-state index is -0.476. The highest BCUT2D eigenvalue weighted by molar-refractivity contribution is 5.70. The van der Waals surface area contributed by atoms with Crippen LogP contribution >= 0.6 is 0 Å². The Balaban J connectivity index is 2.17. The number of methoxy groups -OCH3 is 1. The molecule has 0 aliphatic heterocycles. The molecule has 0 amide bonds. The Morgan fingerprint density at radius 3 is 2.78 bits per heavy atom. The molecule has 2 rings (SSSR count). The van der Waals surface area contributed by atoms with Crippen LogP contribution in [0, 0.1) is 11.7 Å². The smallest absolute Gasteiger partial charge is 0.306 e. The summed E-state index contributed by atoms with van der Waals surface area (Å²) in [6.07, 6.45) is 3.41. The van der Waals surface area contributed by atoms with Gasteiger partial charge in [0.25, 0.3) is 0 Å². The molecule has 0 radical (unpaired) electrons. The van der Waals surface area contributed by atoms with E-state index in [9.17, 15) is 14.3 Å². The van der Waals surface area contributed by atoms with Crippen LogP contribution in [0.25, 0.3) is 0 Å². The van der Waals surface area contributed by atoms with E-state index in [1.54, 1.807) is 0 Å². The number of halogens is 1. The van der Waals surface area contributed by atoms with E-state index >= 15 is 0 Å². The second-order valence-corrected chi connectivity index (χ2v) is 4.90. The molecule has 0 aromatic heterocycles. The average molecular weight is 252 g/mol. The van der Waals surface area contributed by atoms with Crippen molar-refractivity contribution < 1.29 is 19.0 Å². The van der Waals surface area contributed by atoms with Crippen molar-refractivity contribution in [2.24, 2.45) is 5.92 Å². The van der Waals surface area contributed by atoms with Crippen molar-refractivity contribution in [3.8, 4) is 5.75 Å². The largest absolute Gasteiger partial charge is 0.508 e. The molecule has 1 aromatic carbocycles. The third kappa shape index (κ3) is 3.45. The van der Waals surface area contributed by atoms with Gasteiger partial charge in [-0.1, -0.05) is 12.8 Å². The zero-order valence-electron chi connectivity index (χ0n) is 10.4. The van der Waals surface area contributed by atoms with Crippen LogP contribution in [-0.4, -0.2) is 18.2 Å². The zero-order valence-corrected chi connectivity index (χ0v) is 10.4. The van der Waals surface area contributed by atoms with Gasteiger partial charge in [-0.15, -0.1) is 0 Å². The summed E-state index contributed by atoms with van der Waals surface area (Å²) in [7, 11) is 1.35. The molecule has 0 heterocycles. The molecule has 1 aliphatic carbocycles. The van der Waals surface area contributed by atoms with E-state index in [1.165, 1.54) is 32.1 Å². The highest BCUT2D eigenvalue weighted by Crippen LogP contribution is 2.40. The van der Waals surface area contributed by atoms with Gasteiger partial charge in [0.05, 0.1) is 13.5 Å². The second-order valence-electron chi connectivity index (χ2n) is 4.90. The third-order valence-electron chi connectivity index (χ3n) is 3.33. The van der Waals surface area contributed by atoms with Gasteiger partial charge in [0, 0.05) is 6.07 Å². The van der Waals surface area contributed by atoms with Gasteiger partial charge in [-0.25, -0.2) is 4.39 Å². The van der Waals surface area contributed by atoms with Gasteiger partial charge >= 0.3 is 5.97 Å². The Morgan fingerprint density at radius 1 is 1.50 bits per heavy atom. The number of hydrogen-bond acceptors (Lipinski definition) is 3. The topological polar surface area (TPSA) is 46.5 Å². The Kier molecular flexibility index (Phi) is 3.84. The van der Waals surface area contributed by atoms with Gasteiger partial charge in [-0.05, 0) is 36.0 Å². The maximum atomic E-state index is 13.3. The van der Waals surface area contributed by atoms with Gasteiger partial charge < -0.3 is 9.84 Å². The van der Waals surface area contributed by atoms with Gasteiger partial charge in [0.1, 0.15) is 11.6 Å². The molecule has 1 aromatic rings. The third-order valence-corrected chi connectivity index (χ3v) is 3.33. The molecule has 0 unspecified atom stereocenters. The first-order valence-corrected chi connectivity index (χ1v) is 6.14. The van der Waals surface area contributed by atoms with Crippen LogP contribution in [0.2, 0.25) is 0 Å². The molecule has 18 heavy (non-hydrogen) atoms. The van der Waals surface area contributed by atoms with E-state index < -0.39 is 5.82 Å². The van der Waals surface area contributed by atoms with E-state index in [4.69, 9.17) is 0 Å². The predicted octanol–water partition coefficient (Wildman–Crippen LogP) is 2.98. The van der Waals surface area contributed by atoms with Crippen molar-refractivity contribution in [1.82, 2.24) is 0 Å². The minimum Gasteiger partial charge on any atom is -0.508 e. The van der Waals surface area contributed by atoms with Crippen LogP contribution in [0.15, 0.2) is 18.2 Å². The van der Waals surface area contributed by atoms with Gasteiger partial charge in [0.15, 0.2) is 0 Å². The van der Waals surface area contributed by atoms with Crippen LogP contribution in [0.5, 0.6) is 5.75 Å². The average Bonchev–Trinajstić information content (AvgIpc) is 3.10. The molecule has 98 valence electrons. The van der Waals surface area contributed by atoms with Crippen molar-refractivity contribution in [2.75, 3.05) is 7.11 Å². The first-order valence-electron chi connectivity index (χ1n) is 6.14. The quantitative estimate of drug-likeness (QED) is 0.819. The fourth-order valence-corrected chi connectivity index (χ4v) is 2.21. The highest BCUT2D eigenvalue weighted by Gasteiger charge is 2.28. The lowest BCUT2D eigenvalue weighted by molar-refractivity contribution is -0.141. The van der Waals surface area contributed by atoms with E-state index in [-0.39, 0.29) is 24.1 Å². The first-order chi connectivity index (χ1) is 8.58. The molecule has 1 saturated carbocycles. The van der Waals surface area contributed by atoms with E-state index in [1.807, 2.05) is 0 Å². The maximum Gasteiger partial charge on any atom is 0.306 e. The molecule has 4 heteroatoms. The van der Waals surface area contributed by atoms with Crippen LogP contribution in [0.3, 0.4) is 0 Å². The highest BCUT2D eigenvalue weighted by atomic mass is 19.1. The second kappa shape index (κ2) is 5.38. The van der Waals surface area contributed by atoms with Crippen molar-refractivity contribution in [3.05, 3.63) is 29.6 Å². The molecule has 1 N–H and O–H groups in total. The number of aromatic hydroxyl groups is 1. The summed E-state index contributed by atoms with van der Waals surface area (Å²) in [6, 6.07) is 3.98. The van der Waals surface area contributed by atoms with E-state index in [0.717, 1.165) is 12.5 Å². The lowest BCUT2D eigenvalue weighted by Gasteiger charge is -2.16. The summed E-state index contributed by atoms with van der Waals surface area (Å²) in [5, 5.41) is 9.43. The molecule has 1 aliphatic rings. The SMILES string of the molecule is COC(=O)C[C@H](CC1CC1)c1cc(O)cc(F)c1. The number of carbonyl (C=O) groups excluding carboxylic acids is 1. The summed E-state index contributed by atoms with van der Waals surface area (Å²) in [4.78, 5) is 11.4. The number of carbonyl (C=O) groups is 1. The summed E-state index contributed by atoms with van der Waals surface area (Å²) in [6.45, 7) is 0. The van der Waals surface area contributed by atoms with Crippen LogP contribution in [0.1, 0.15) is 37.2 Å². The molecule has 0 saturated heterocycles. The van der Waals surface area contributed by atoms with Crippen LogP contribution < -0.4 is 0 Å². The van der Waals surface area contributed by atoms with Crippen molar-refractivity contribution >= 4 is 5.97 Å². The van der Waals surface area contributed by atoms with E-state index in [2.05, 4.69) is 4.74 Å². The Morgan fingerprint density at radius 2 is 2.22 bits per heavy atom. The Bertz CT molecular complexity index is 420. The number of phenolic OH excluding ortho intramolecular Hbond substituents is 1. The van der Waals surface area contributed by atoms with Crippen molar-refractivity contribution in [2.45, 2.75) is 31.6 Å². The van der Waals surface area contributed by atoms with Crippen LogP contribution in [0.4, 0.5) is 4.39 Å². The maximum absolute atomic E-state index is 13.3. The molecular formula is C14H17FO3. The Hall–Kier alpha value is -1.58. The molecule has 0 spiro atoms. The minimum absolute atomic E-state index is 0.0773. The number of hydrogen-bond donors (Lipinski definition) is 1. The van der Waals surface area contributed by atoms with Crippen molar-refractivity contribution in [3.63, 3.8) is 0 Å². The normalized spacial score (nSPS) is 16.3. The monoisotopic (exact) mass is 252 g/mol. The number of phenols is 1. The summed E-state index contributed by atoms with van der Waals surface area (Å²) in [5.41, 5.74) is 0.671. The molecule has 1 fully saturated rings. The van der Waals surface area contributed by atoms with E-state index in [0.29, 0.717) is 11.5 Å². The standard InChI is InChI=1S/C14H17FO3/c1-18-14(17)7-10(4-9-2-3-9)11-5-12(15)8-13(16)6-11/h5-6,8-10,16H,2-4,7H2,1H3/t10-/m0/s1. The summed E-state index contributed by atoms with van der Waals surface area (Å²) < 4.78 is 18.0.